The van der Waals surface area contributed by atoms with E-state index in [2.05, 4.69) is 13.8 Å². The number of hydrogen-bond acceptors (Lipinski definition) is 3. The maximum Gasteiger partial charge on any atom is 0.188 e. The molecular formula is C8H17NO2S. The molecule has 0 saturated heterocycles. The lowest BCUT2D eigenvalue weighted by Crippen LogP contribution is -2.11. The molecule has 3 nitrogen and oxygen atoms in total. The van der Waals surface area contributed by atoms with Gasteiger partial charge >= 0.3 is 0 Å². The molecule has 0 radical (unpaired) electrons. The van der Waals surface area contributed by atoms with Gasteiger partial charge in [-0.3, -0.25) is 5.41 Å². The van der Waals surface area contributed by atoms with Crippen molar-refractivity contribution >= 4 is 14.9 Å². The molecule has 12 heavy (non-hydrogen) atoms. The molecule has 0 fully saturated rings. The van der Waals surface area contributed by atoms with Crippen molar-refractivity contribution < 1.29 is 8.42 Å². The van der Waals surface area contributed by atoms with Crippen molar-refractivity contribution in [2.45, 2.75) is 33.1 Å². The summed E-state index contributed by atoms with van der Waals surface area (Å²) in [4.78, 5) is 0. The van der Waals surface area contributed by atoms with Crippen LogP contribution in [0, 0.1) is 11.3 Å². The Morgan fingerprint density at radius 3 is 2.25 bits per heavy atom. The van der Waals surface area contributed by atoms with Crippen LogP contribution < -0.4 is 0 Å². The van der Waals surface area contributed by atoms with Gasteiger partial charge in [0.15, 0.2) is 9.84 Å². The largest absolute Gasteiger partial charge is 0.294 e. The fraction of sp³-hybridized carbons (Fsp3) is 0.875. The van der Waals surface area contributed by atoms with Crippen LogP contribution in [0.4, 0.5) is 0 Å². The molecule has 0 aliphatic rings. The standard InChI is InChI=1S/C8H17NO2S/c1-7(2)5-4-6-8(9)12(3,10)11/h7,9H,4-6H2,1-3H3. The predicted molar refractivity (Wildman–Crippen MR) is 51.3 cm³/mol. The quantitative estimate of drug-likeness (QED) is 0.544. The Morgan fingerprint density at radius 1 is 1.42 bits per heavy atom. The molecule has 4 heteroatoms. The van der Waals surface area contributed by atoms with E-state index in [1.165, 1.54) is 0 Å². The summed E-state index contributed by atoms with van der Waals surface area (Å²) < 4.78 is 21.6. The van der Waals surface area contributed by atoms with Crippen molar-refractivity contribution in [3.8, 4) is 0 Å². The Bertz CT molecular complexity index is 242. The van der Waals surface area contributed by atoms with Crippen LogP contribution in [0.1, 0.15) is 33.1 Å². The van der Waals surface area contributed by atoms with Crippen LogP contribution in [0.3, 0.4) is 0 Å². The highest BCUT2D eigenvalue weighted by molar-refractivity contribution is 8.05. The van der Waals surface area contributed by atoms with E-state index < -0.39 is 9.84 Å². The first-order valence-corrected chi connectivity index (χ1v) is 6.00. The van der Waals surface area contributed by atoms with Gasteiger partial charge in [-0.05, 0) is 12.3 Å². The smallest absolute Gasteiger partial charge is 0.188 e. The Balaban J connectivity index is 3.75. The van der Waals surface area contributed by atoms with E-state index in [0.29, 0.717) is 12.3 Å². The summed E-state index contributed by atoms with van der Waals surface area (Å²) in [6.07, 6.45) is 3.25. The van der Waals surface area contributed by atoms with E-state index in [9.17, 15) is 8.42 Å². The molecule has 72 valence electrons. The highest BCUT2D eigenvalue weighted by Gasteiger charge is 2.09. The van der Waals surface area contributed by atoms with Crippen LogP contribution >= 0.6 is 0 Å². The highest BCUT2D eigenvalue weighted by Crippen LogP contribution is 2.08. The van der Waals surface area contributed by atoms with Gasteiger partial charge in [-0.1, -0.05) is 20.3 Å². The fourth-order valence-electron chi connectivity index (χ4n) is 0.856. The van der Waals surface area contributed by atoms with E-state index in [1.807, 2.05) is 0 Å². The molecule has 0 heterocycles. The summed E-state index contributed by atoms with van der Waals surface area (Å²) in [7, 11) is -3.22. The molecule has 0 spiro atoms. The summed E-state index contributed by atoms with van der Waals surface area (Å²) in [5.41, 5.74) is 0. The molecule has 0 bridgehead atoms. The molecule has 0 unspecified atom stereocenters. The van der Waals surface area contributed by atoms with Gasteiger partial charge in [0, 0.05) is 12.7 Å². The summed E-state index contributed by atoms with van der Waals surface area (Å²) in [5.74, 6) is 0.581. The molecule has 0 aliphatic carbocycles. The minimum absolute atomic E-state index is 0.136. The SMILES string of the molecule is CC(C)CCCC(=N)S(C)(=O)=O. The lowest BCUT2D eigenvalue weighted by molar-refractivity contribution is 0.563. The summed E-state index contributed by atoms with van der Waals surface area (Å²) in [6.45, 7) is 4.17. The zero-order valence-corrected chi connectivity index (χ0v) is 8.74. The Kier molecular flexibility index (Phi) is 4.45. The number of nitrogens with one attached hydrogen (secondary N) is 1. The van der Waals surface area contributed by atoms with Gasteiger partial charge in [0.1, 0.15) is 5.04 Å². The van der Waals surface area contributed by atoms with E-state index in [-0.39, 0.29) is 5.04 Å². The third-order valence-corrected chi connectivity index (χ3v) is 2.73. The second-order valence-corrected chi connectivity index (χ2v) is 5.52. The molecular weight excluding hydrogens is 174 g/mol. The molecule has 0 saturated carbocycles. The average molecular weight is 191 g/mol. The zero-order valence-electron chi connectivity index (χ0n) is 7.92. The second kappa shape index (κ2) is 4.60. The number of rotatable bonds is 4. The van der Waals surface area contributed by atoms with Crippen LogP contribution in [-0.4, -0.2) is 19.7 Å². The third kappa shape index (κ3) is 5.29. The lowest BCUT2D eigenvalue weighted by Gasteiger charge is -2.03. The topological polar surface area (TPSA) is 58.0 Å². The molecule has 0 rings (SSSR count). The van der Waals surface area contributed by atoms with Gasteiger partial charge in [0.25, 0.3) is 0 Å². The summed E-state index contributed by atoms with van der Waals surface area (Å²) >= 11 is 0. The zero-order chi connectivity index (χ0) is 9.78. The van der Waals surface area contributed by atoms with E-state index in [4.69, 9.17) is 5.41 Å². The van der Waals surface area contributed by atoms with Crippen molar-refractivity contribution in [2.75, 3.05) is 6.26 Å². The first-order chi connectivity index (χ1) is 5.34. The number of hydrogen-bond donors (Lipinski definition) is 1. The molecule has 0 amide bonds. The van der Waals surface area contributed by atoms with Crippen molar-refractivity contribution in [1.82, 2.24) is 0 Å². The summed E-state index contributed by atoms with van der Waals surface area (Å²) in [5, 5.41) is 7.06. The monoisotopic (exact) mass is 191 g/mol. The van der Waals surface area contributed by atoms with Crippen LogP contribution in [0.2, 0.25) is 0 Å². The normalized spacial score (nSPS) is 12.0. The fourth-order valence-corrected chi connectivity index (χ4v) is 1.37. The van der Waals surface area contributed by atoms with E-state index >= 15 is 0 Å². The minimum Gasteiger partial charge on any atom is -0.294 e. The Labute approximate surface area is 74.6 Å². The van der Waals surface area contributed by atoms with Gasteiger partial charge in [-0.25, -0.2) is 8.42 Å². The average Bonchev–Trinajstić information content (AvgIpc) is 1.84. The molecule has 0 aromatic heterocycles. The first kappa shape index (κ1) is 11.6. The van der Waals surface area contributed by atoms with Gasteiger partial charge in [0.2, 0.25) is 0 Å². The highest BCUT2D eigenvalue weighted by atomic mass is 32.2. The maximum atomic E-state index is 10.8. The van der Waals surface area contributed by atoms with Crippen molar-refractivity contribution in [1.29, 1.82) is 5.41 Å². The Morgan fingerprint density at radius 2 is 1.92 bits per heavy atom. The van der Waals surface area contributed by atoms with Crippen molar-refractivity contribution in [3.05, 3.63) is 0 Å². The second-order valence-electron chi connectivity index (χ2n) is 3.48. The van der Waals surface area contributed by atoms with Crippen LogP contribution in [0.15, 0.2) is 0 Å². The van der Waals surface area contributed by atoms with Crippen LogP contribution in [0.5, 0.6) is 0 Å². The van der Waals surface area contributed by atoms with Crippen LogP contribution in [-0.2, 0) is 9.84 Å². The summed E-state index contributed by atoms with van der Waals surface area (Å²) in [6, 6.07) is 0. The molecule has 1 N–H and O–H groups in total. The molecule has 0 aromatic carbocycles. The lowest BCUT2D eigenvalue weighted by atomic mass is 10.1. The number of sulfone groups is 1. The van der Waals surface area contributed by atoms with E-state index in [1.54, 1.807) is 0 Å². The van der Waals surface area contributed by atoms with Gasteiger partial charge < -0.3 is 0 Å². The molecule has 0 atom stereocenters. The van der Waals surface area contributed by atoms with Crippen molar-refractivity contribution in [2.24, 2.45) is 5.92 Å². The predicted octanol–water partition coefficient (Wildman–Crippen LogP) is 1.83. The minimum atomic E-state index is -3.22. The first-order valence-electron chi connectivity index (χ1n) is 4.11. The maximum absolute atomic E-state index is 10.8. The van der Waals surface area contributed by atoms with Crippen molar-refractivity contribution in [3.63, 3.8) is 0 Å². The third-order valence-electron chi connectivity index (χ3n) is 1.63. The van der Waals surface area contributed by atoms with Gasteiger partial charge in [-0.15, -0.1) is 0 Å². The van der Waals surface area contributed by atoms with E-state index in [0.717, 1.165) is 19.1 Å². The van der Waals surface area contributed by atoms with Crippen LogP contribution in [0.25, 0.3) is 0 Å². The molecule has 0 aliphatic heterocycles. The van der Waals surface area contributed by atoms with Gasteiger partial charge in [-0.2, -0.15) is 0 Å². The molecule has 0 aromatic rings. The van der Waals surface area contributed by atoms with Gasteiger partial charge in [0.05, 0.1) is 0 Å². The Hall–Kier alpha value is -0.380.